The van der Waals surface area contributed by atoms with Crippen molar-refractivity contribution in [2.45, 2.75) is 64.7 Å². The second-order valence-electron chi connectivity index (χ2n) is 9.92. The zero-order chi connectivity index (χ0) is 20.1. The van der Waals surface area contributed by atoms with Crippen LogP contribution in [0.4, 0.5) is 0 Å². The summed E-state index contributed by atoms with van der Waals surface area (Å²) in [6.07, 6.45) is 17.7. The van der Waals surface area contributed by atoms with Crippen molar-refractivity contribution in [2.24, 2.45) is 46.8 Å². The van der Waals surface area contributed by atoms with Gasteiger partial charge in [-0.2, -0.15) is 8.42 Å². The molecule has 8 atom stereocenters. The minimum atomic E-state index is -4.16. The van der Waals surface area contributed by atoms with Crippen molar-refractivity contribution in [1.82, 2.24) is 0 Å². The molecule has 0 amide bonds. The zero-order valence-electron chi connectivity index (χ0n) is 18.1. The van der Waals surface area contributed by atoms with Gasteiger partial charge in [-0.15, -0.1) is 0 Å². The molecular weight excluding hydrogens is 494 g/mol. The van der Waals surface area contributed by atoms with Gasteiger partial charge in [0.2, 0.25) is 0 Å². The third-order valence-corrected chi connectivity index (χ3v) is 10.8. The predicted molar refractivity (Wildman–Crippen MR) is 114 cm³/mol. The number of rotatable bonds is 4. The molecule has 4 aliphatic carbocycles. The summed E-state index contributed by atoms with van der Waals surface area (Å²) < 4.78 is 31.0. The van der Waals surface area contributed by atoms with Crippen molar-refractivity contribution >= 4 is 25.7 Å². The number of hydrogen-bond acceptors (Lipinski definition) is 4. The Labute approximate surface area is 233 Å². The van der Waals surface area contributed by atoms with Gasteiger partial charge in [-0.25, -0.2) is 0 Å². The van der Waals surface area contributed by atoms with Gasteiger partial charge in [0, 0.05) is 16.7 Å². The summed E-state index contributed by atoms with van der Waals surface area (Å²) in [4.78, 5) is 12.8. The van der Waals surface area contributed by atoms with Crippen LogP contribution in [0.2, 0.25) is 0 Å². The topological polar surface area (TPSA) is 103 Å². The smallest absolute Gasteiger partial charge is 0.693 e. The van der Waals surface area contributed by atoms with Crippen LogP contribution in [0.1, 0.15) is 64.7 Å². The van der Waals surface area contributed by atoms with Crippen molar-refractivity contribution in [1.29, 1.82) is 0 Å². The third kappa shape index (κ3) is 5.32. The molecule has 5 nitrogen and oxygen atoms in total. The van der Waals surface area contributed by atoms with E-state index in [1.54, 1.807) is 0 Å². The molecule has 0 saturated heterocycles. The normalized spacial score (nSPS) is 42.4. The first-order valence-corrected chi connectivity index (χ1v) is 13.7. The molecule has 8 unspecified atom stereocenters. The molecule has 4 rings (SSSR count). The second kappa shape index (κ2) is 10.7. The van der Waals surface area contributed by atoms with Gasteiger partial charge in [-0.3, -0.25) is 9.35 Å². The molecule has 0 radical (unpaired) electrons. The quantitative estimate of drug-likeness (QED) is 0.252. The molecule has 0 aliphatic heterocycles. The first kappa shape index (κ1) is 27.5. The van der Waals surface area contributed by atoms with Crippen LogP contribution in [0.5, 0.6) is 0 Å². The maximum Gasteiger partial charge on any atom is 1.00 e. The average Bonchev–Trinajstić information content (AvgIpc) is 3.02. The molecule has 3 N–H and O–H groups in total. The molecule has 8 heteroatoms. The Kier molecular flexibility index (Phi) is 9.78. The fraction of sp³-hybridized carbons (Fsp3) is 0.864. The number of ketones is 1. The molecule has 164 valence electrons. The Morgan fingerprint density at radius 2 is 1.80 bits per heavy atom. The molecule has 0 spiro atoms. The van der Waals surface area contributed by atoms with Crippen LogP contribution in [-0.4, -0.2) is 30.0 Å². The standard InChI is InChI=1S/C22H31O4S2.H2O.Rb/c1-3-14-4-6-16-15(12-14)5-7-18-17(16)10-11-22(2)19(18)8-9-20(22)21(23)13-27-28(24,25)26;;/h14-20H,4-13H2,2H3,(H,24,25,26);1H2;/q-1;;+1. The van der Waals surface area contributed by atoms with Crippen LogP contribution in [0.3, 0.4) is 0 Å². The van der Waals surface area contributed by atoms with E-state index in [1.807, 2.05) is 0 Å². The Bertz CT molecular complexity index is 779. The van der Waals surface area contributed by atoms with Gasteiger partial charge in [0.1, 0.15) is 5.78 Å². The van der Waals surface area contributed by atoms with Crippen LogP contribution in [0.15, 0.2) is 0 Å². The van der Waals surface area contributed by atoms with Gasteiger partial charge in [0.15, 0.2) is 0 Å². The minimum Gasteiger partial charge on any atom is -0.693 e. The number of Topliss-reactive ketones (excluding diaryl/α,β-unsaturated/α-hetero) is 1. The number of carbonyl (C=O) groups excluding carboxylic acids is 1. The summed E-state index contributed by atoms with van der Waals surface area (Å²) in [5, 5.41) is 0. The Morgan fingerprint density at radius 1 is 1.10 bits per heavy atom. The van der Waals surface area contributed by atoms with E-state index in [0.29, 0.717) is 28.5 Å². The maximum atomic E-state index is 12.8. The van der Waals surface area contributed by atoms with E-state index in [0.717, 1.165) is 49.9 Å². The van der Waals surface area contributed by atoms with Crippen LogP contribution >= 0.6 is 10.8 Å². The molecule has 0 aromatic carbocycles. The fourth-order valence-electron chi connectivity index (χ4n) is 7.75. The van der Waals surface area contributed by atoms with Gasteiger partial charge in [0.05, 0.1) is 5.75 Å². The molecule has 4 aliphatic rings. The molecule has 4 fully saturated rings. The van der Waals surface area contributed by atoms with Gasteiger partial charge >= 0.3 is 67.3 Å². The summed E-state index contributed by atoms with van der Waals surface area (Å²) in [6.45, 7) is 2.27. The monoisotopic (exact) mass is 526 g/mol. The van der Waals surface area contributed by atoms with Gasteiger partial charge < -0.3 is 17.8 Å². The van der Waals surface area contributed by atoms with E-state index in [9.17, 15) is 13.2 Å². The summed E-state index contributed by atoms with van der Waals surface area (Å²) in [6, 6.07) is 0. The molecular formula is C22H33O5RbS2. The van der Waals surface area contributed by atoms with E-state index in [4.69, 9.17) is 11.0 Å². The summed E-state index contributed by atoms with van der Waals surface area (Å²) in [7, 11) is -3.80. The van der Waals surface area contributed by atoms with Crippen molar-refractivity contribution in [3.8, 4) is 5.92 Å². The molecule has 0 bridgehead atoms. The Morgan fingerprint density at radius 3 is 2.47 bits per heavy atom. The van der Waals surface area contributed by atoms with Crippen molar-refractivity contribution in [3.63, 3.8) is 0 Å². The molecule has 30 heavy (non-hydrogen) atoms. The van der Waals surface area contributed by atoms with E-state index in [1.165, 1.54) is 25.7 Å². The molecule has 4 saturated carbocycles. The molecule has 0 heterocycles. The number of carbonyl (C=O) groups is 1. The summed E-state index contributed by atoms with van der Waals surface area (Å²) in [5.41, 5.74) is -0.00913. The molecule has 0 aromatic rings. The maximum absolute atomic E-state index is 12.8. The average molecular weight is 527 g/mol. The molecule has 0 aromatic heterocycles. The summed E-state index contributed by atoms with van der Waals surface area (Å²) in [5.74, 6) is 6.50. The van der Waals surface area contributed by atoms with Gasteiger partial charge in [-0.1, -0.05) is 6.92 Å². The van der Waals surface area contributed by atoms with E-state index in [2.05, 4.69) is 12.8 Å². The predicted octanol–water partition coefficient (Wildman–Crippen LogP) is 0.746. The fourth-order valence-corrected chi connectivity index (χ4v) is 9.01. The minimum absolute atomic E-state index is 0. The van der Waals surface area contributed by atoms with Crippen molar-refractivity contribution in [3.05, 3.63) is 6.42 Å². The van der Waals surface area contributed by atoms with Crippen molar-refractivity contribution in [2.75, 3.05) is 5.75 Å². The van der Waals surface area contributed by atoms with E-state index in [-0.39, 0.29) is 86.5 Å². The van der Waals surface area contributed by atoms with Crippen LogP contribution in [-0.2, 0) is 13.9 Å². The second-order valence-corrected chi connectivity index (χ2v) is 13.3. The van der Waals surface area contributed by atoms with Crippen LogP contribution < -0.4 is 58.2 Å². The third-order valence-electron chi connectivity index (χ3n) is 8.90. The zero-order valence-corrected chi connectivity index (χ0v) is 24.7. The number of hydrogen-bond donors (Lipinski definition) is 1. The van der Waals surface area contributed by atoms with Crippen LogP contribution in [0.25, 0.3) is 0 Å². The van der Waals surface area contributed by atoms with Crippen molar-refractivity contribution < 1.29 is 81.4 Å². The van der Waals surface area contributed by atoms with E-state index < -0.39 is 9.15 Å². The Hall–Kier alpha value is 1.26. The SMILES string of the molecule is O.[C-]#CC1CCC2C(CCC3C2CCC2(C)C(C(=O)CSS(=O)(=O)O)CCC32)C1.[Rb+]. The first-order chi connectivity index (χ1) is 13.2. The Balaban J connectivity index is 0.00000160. The number of fused-ring (bicyclic) bond motifs is 5. The largest absolute Gasteiger partial charge is 1.00 e. The van der Waals surface area contributed by atoms with Gasteiger partial charge in [0.25, 0.3) is 0 Å². The summed E-state index contributed by atoms with van der Waals surface area (Å²) >= 11 is 0. The first-order valence-electron chi connectivity index (χ1n) is 10.8. The van der Waals surface area contributed by atoms with E-state index >= 15 is 0 Å². The van der Waals surface area contributed by atoms with Gasteiger partial charge in [-0.05, 0) is 98.7 Å². The van der Waals surface area contributed by atoms with Crippen LogP contribution in [0, 0.1) is 59.2 Å².